The fourth-order valence-electron chi connectivity index (χ4n) is 5.26. The lowest BCUT2D eigenvalue weighted by Crippen LogP contribution is -2.28. The van der Waals surface area contributed by atoms with Crippen molar-refractivity contribution in [2.24, 2.45) is 23.7 Å². The predicted octanol–water partition coefficient (Wildman–Crippen LogP) is 7.01. The van der Waals surface area contributed by atoms with Crippen LogP contribution in [0.3, 0.4) is 0 Å². The molecule has 1 fully saturated rings. The number of ether oxygens (including phenoxy) is 2. The van der Waals surface area contributed by atoms with Gasteiger partial charge in [-0.3, -0.25) is 0 Å². The Balaban J connectivity index is 1.82. The van der Waals surface area contributed by atoms with Gasteiger partial charge in [-0.1, -0.05) is 77.5 Å². The number of aryl methyl sites for hydroxylation is 2. The lowest BCUT2D eigenvalue weighted by Gasteiger charge is -2.34. The largest absolute Gasteiger partial charge is 0.462 e. The van der Waals surface area contributed by atoms with Gasteiger partial charge >= 0.3 is 11.9 Å². The monoisotopic (exact) mass is 526 g/mol. The first kappa shape index (κ1) is 31.8. The van der Waals surface area contributed by atoms with Crippen LogP contribution in [-0.4, -0.2) is 36.9 Å². The first-order chi connectivity index (χ1) is 18.2. The molecule has 0 bridgehead atoms. The maximum Gasteiger partial charge on any atom is 0.335 e. The van der Waals surface area contributed by atoms with Crippen molar-refractivity contribution in [1.82, 2.24) is 0 Å². The number of aliphatic hydroxyl groups excluding tert-OH is 1. The highest BCUT2D eigenvalue weighted by Crippen LogP contribution is 2.37. The van der Waals surface area contributed by atoms with Gasteiger partial charge in [-0.25, -0.2) is 9.59 Å². The van der Waals surface area contributed by atoms with Gasteiger partial charge in [0.15, 0.2) is 0 Å². The zero-order valence-corrected chi connectivity index (χ0v) is 24.0. The molecular formula is C33H50O5. The van der Waals surface area contributed by atoms with E-state index in [-0.39, 0.29) is 24.1 Å². The van der Waals surface area contributed by atoms with Crippen molar-refractivity contribution >= 4 is 11.9 Å². The summed E-state index contributed by atoms with van der Waals surface area (Å²) in [6, 6.07) is 9.21. The number of esters is 2. The number of carbonyl (C=O) groups is 2. The molecule has 2 rings (SSSR count). The summed E-state index contributed by atoms with van der Waals surface area (Å²) < 4.78 is 10.9. The SMILES string of the molecule is C=C(CC)C(=O)OCC(CCOC(=O)C(=C)CO)C1CCC(CCc2ccc(CCCC(C)C)cc2)CC1. The smallest absolute Gasteiger partial charge is 0.335 e. The third-order valence-electron chi connectivity index (χ3n) is 8.01. The van der Waals surface area contributed by atoms with Gasteiger partial charge in [-0.2, -0.15) is 0 Å². The summed E-state index contributed by atoms with van der Waals surface area (Å²) in [5, 5.41) is 9.07. The Labute approximate surface area is 230 Å². The van der Waals surface area contributed by atoms with E-state index in [1.165, 1.54) is 49.7 Å². The van der Waals surface area contributed by atoms with E-state index in [0.29, 0.717) is 36.9 Å². The minimum absolute atomic E-state index is 0.0495. The third kappa shape index (κ3) is 11.6. The number of aliphatic hydroxyl groups is 1. The second kappa shape index (κ2) is 17.2. The number of benzene rings is 1. The van der Waals surface area contributed by atoms with Crippen LogP contribution >= 0.6 is 0 Å². The molecule has 1 unspecified atom stereocenters. The Kier molecular flexibility index (Phi) is 14.4. The zero-order chi connectivity index (χ0) is 27.9. The van der Waals surface area contributed by atoms with Crippen molar-refractivity contribution in [2.45, 2.75) is 91.4 Å². The van der Waals surface area contributed by atoms with Crippen molar-refractivity contribution in [2.75, 3.05) is 19.8 Å². The van der Waals surface area contributed by atoms with Crippen LogP contribution in [0.4, 0.5) is 0 Å². The molecule has 5 heteroatoms. The van der Waals surface area contributed by atoms with Crippen LogP contribution in [0.25, 0.3) is 0 Å². The highest BCUT2D eigenvalue weighted by molar-refractivity contribution is 5.88. The molecule has 0 radical (unpaired) electrons. The molecule has 212 valence electrons. The molecule has 0 amide bonds. The van der Waals surface area contributed by atoms with E-state index in [1.807, 2.05) is 6.92 Å². The molecule has 0 aliphatic heterocycles. The quantitative estimate of drug-likeness (QED) is 0.175. The minimum Gasteiger partial charge on any atom is -0.462 e. The molecule has 0 saturated heterocycles. The lowest BCUT2D eigenvalue weighted by atomic mass is 9.73. The Bertz CT molecular complexity index is 877. The second-order valence-corrected chi connectivity index (χ2v) is 11.4. The van der Waals surface area contributed by atoms with Gasteiger partial charge in [0.2, 0.25) is 0 Å². The Morgan fingerprint density at radius 3 is 2.11 bits per heavy atom. The summed E-state index contributed by atoms with van der Waals surface area (Å²) >= 11 is 0. The molecule has 0 heterocycles. The number of rotatable bonds is 17. The lowest BCUT2D eigenvalue weighted by molar-refractivity contribution is -0.144. The summed E-state index contributed by atoms with van der Waals surface area (Å²) in [4.78, 5) is 24.1. The summed E-state index contributed by atoms with van der Waals surface area (Å²) in [5.74, 6) is 1.12. The van der Waals surface area contributed by atoms with Crippen LogP contribution in [0.1, 0.15) is 89.7 Å². The van der Waals surface area contributed by atoms with Crippen molar-refractivity contribution in [3.63, 3.8) is 0 Å². The van der Waals surface area contributed by atoms with E-state index < -0.39 is 12.6 Å². The molecule has 1 aliphatic carbocycles. The predicted molar refractivity (Wildman–Crippen MR) is 154 cm³/mol. The van der Waals surface area contributed by atoms with Gasteiger partial charge < -0.3 is 14.6 Å². The topological polar surface area (TPSA) is 72.8 Å². The van der Waals surface area contributed by atoms with Crippen molar-refractivity contribution in [1.29, 1.82) is 0 Å². The highest BCUT2D eigenvalue weighted by atomic mass is 16.5. The Hall–Kier alpha value is -2.40. The maximum absolute atomic E-state index is 12.2. The summed E-state index contributed by atoms with van der Waals surface area (Å²) in [5.41, 5.74) is 3.39. The fourth-order valence-corrected chi connectivity index (χ4v) is 5.26. The molecule has 1 aromatic carbocycles. The van der Waals surface area contributed by atoms with Crippen molar-refractivity contribution in [3.05, 3.63) is 59.7 Å². The molecule has 1 atom stereocenters. The van der Waals surface area contributed by atoms with E-state index in [1.54, 1.807) is 0 Å². The van der Waals surface area contributed by atoms with Gasteiger partial charge in [0, 0.05) is 5.57 Å². The van der Waals surface area contributed by atoms with E-state index >= 15 is 0 Å². The number of carbonyl (C=O) groups excluding carboxylic acids is 2. The van der Waals surface area contributed by atoms with Crippen LogP contribution in [-0.2, 0) is 31.9 Å². The van der Waals surface area contributed by atoms with Crippen LogP contribution < -0.4 is 0 Å². The highest BCUT2D eigenvalue weighted by Gasteiger charge is 2.29. The average molecular weight is 527 g/mol. The first-order valence-electron chi connectivity index (χ1n) is 14.6. The normalized spacial score (nSPS) is 18.1. The van der Waals surface area contributed by atoms with E-state index in [9.17, 15) is 9.59 Å². The standard InChI is InChI=1S/C33H50O5/c1-6-25(4)32(35)38-23-31(20-21-37-33(36)26(5)22-34)30-18-16-29(17-19-30)15-14-28-12-10-27(11-13-28)9-7-8-24(2)3/h10-13,24,29-31,34H,4-9,14-23H2,1-3H3. The summed E-state index contributed by atoms with van der Waals surface area (Å²) in [7, 11) is 0. The van der Waals surface area contributed by atoms with Crippen LogP contribution in [0.5, 0.6) is 0 Å². The second-order valence-electron chi connectivity index (χ2n) is 11.4. The van der Waals surface area contributed by atoms with E-state index in [4.69, 9.17) is 14.6 Å². The van der Waals surface area contributed by atoms with E-state index in [2.05, 4.69) is 51.3 Å². The number of hydrogen-bond acceptors (Lipinski definition) is 5. The van der Waals surface area contributed by atoms with Gasteiger partial charge in [-0.05, 0) is 86.2 Å². The molecule has 1 saturated carbocycles. The molecule has 0 aromatic heterocycles. The summed E-state index contributed by atoms with van der Waals surface area (Å²) in [6.45, 7) is 13.9. The number of hydrogen-bond donors (Lipinski definition) is 1. The fraction of sp³-hybridized carbons (Fsp3) is 0.636. The first-order valence-corrected chi connectivity index (χ1v) is 14.6. The molecule has 1 aliphatic rings. The third-order valence-corrected chi connectivity index (χ3v) is 8.01. The summed E-state index contributed by atoms with van der Waals surface area (Å²) in [6.07, 6.45) is 11.7. The van der Waals surface area contributed by atoms with Crippen molar-refractivity contribution < 1.29 is 24.2 Å². The van der Waals surface area contributed by atoms with Crippen LogP contribution in [0, 0.1) is 23.7 Å². The van der Waals surface area contributed by atoms with E-state index in [0.717, 1.165) is 25.2 Å². The molecule has 1 N–H and O–H groups in total. The van der Waals surface area contributed by atoms with Gasteiger partial charge in [0.1, 0.15) is 0 Å². The molecule has 5 nitrogen and oxygen atoms in total. The molecule has 0 spiro atoms. The minimum atomic E-state index is -0.574. The van der Waals surface area contributed by atoms with Crippen LogP contribution in [0.15, 0.2) is 48.6 Å². The maximum atomic E-state index is 12.2. The molecular weight excluding hydrogens is 476 g/mol. The molecule has 38 heavy (non-hydrogen) atoms. The van der Waals surface area contributed by atoms with Crippen molar-refractivity contribution in [3.8, 4) is 0 Å². The molecule has 1 aromatic rings. The zero-order valence-electron chi connectivity index (χ0n) is 24.0. The van der Waals surface area contributed by atoms with Gasteiger partial charge in [-0.15, -0.1) is 0 Å². The average Bonchev–Trinajstić information content (AvgIpc) is 2.93. The van der Waals surface area contributed by atoms with Crippen LogP contribution in [0.2, 0.25) is 0 Å². The van der Waals surface area contributed by atoms with Gasteiger partial charge in [0.05, 0.1) is 25.4 Å². The Morgan fingerprint density at radius 1 is 0.921 bits per heavy atom. The van der Waals surface area contributed by atoms with Gasteiger partial charge in [0.25, 0.3) is 0 Å². The Morgan fingerprint density at radius 2 is 1.53 bits per heavy atom.